The fraction of sp³-hybridized carbons (Fsp3) is 0.150. The highest BCUT2D eigenvalue weighted by molar-refractivity contribution is 7.89. The predicted octanol–water partition coefficient (Wildman–Crippen LogP) is 3.34. The molecule has 12 heteroatoms. The van der Waals surface area contributed by atoms with E-state index in [1.165, 1.54) is 30.3 Å². The SMILES string of the molecule is CC(F)(F)c1cnn(-c2ccc(NC(=O)Cc3cc(C#N)ccc3Cl)cc2S(N)(=O)=O)c1. The maximum atomic E-state index is 13.5. The average Bonchev–Trinajstić information content (AvgIpc) is 3.19. The van der Waals surface area contributed by atoms with Crippen molar-refractivity contribution in [3.05, 3.63) is 70.5 Å². The summed E-state index contributed by atoms with van der Waals surface area (Å²) in [6.45, 7) is 0.687. The maximum Gasteiger partial charge on any atom is 0.273 e. The van der Waals surface area contributed by atoms with Crippen LogP contribution in [0.4, 0.5) is 14.5 Å². The molecule has 1 aromatic heterocycles. The number of carbonyl (C=O) groups excluding carboxylic acids is 1. The lowest BCUT2D eigenvalue weighted by Gasteiger charge is -2.12. The molecule has 3 aromatic rings. The average molecular weight is 480 g/mol. The second-order valence-electron chi connectivity index (χ2n) is 6.93. The Bertz CT molecular complexity index is 1340. The molecule has 0 aliphatic heterocycles. The van der Waals surface area contributed by atoms with Gasteiger partial charge in [0.15, 0.2) is 0 Å². The molecule has 0 spiro atoms. The van der Waals surface area contributed by atoms with Gasteiger partial charge in [-0.3, -0.25) is 4.79 Å². The standard InChI is InChI=1S/C20H16ClF2N5O3S/c1-20(22,23)14-10-26-28(11-14)17-5-3-15(8-18(17)32(25,30)31)27-19(29)7-13-6-12(9-24)2-4-16(13)21/h2-6,8,10-11H,7H2,1H3,(H,27,29)(H2,25,30,31). The van der Waals surface area contributed by atoms with Crippen LogP contribution < -0.4 is 10.5 Å². The minimum absolute atomic E-state index is 0.0641. The van der Waals surface area contributed by atoms with Crippen molar-refractivity contribution in [3.63, 3.8) is 0 Å². The van der Waals surface area contributed by atoms with E-state index in [9.17, 15) is 22.0 Å². The molecule has 0 bridgehead atoms. The van der Waals surface area contributed by atoms with Crippen molar-refractivity contribution in [2.75, 3.05) is 5.32 Å². The number of primary sulfonamides is 1. The van der Waals surface area contributed by atoms with E-state index in [1.807, 2.05) is 6.07 Å². The molecular weight excluding hydrogens is 464 g/mol. The fourth-order valence-electron chi connectivity index (χ4n) is 2.85. The minimum Gasteiger partial charge on any atom is -0.326 e. The Labute approximate surface area is 187 Å². The lowest BCUT2D eigenvalue weighted by molar-refractivity contribution is -0.115. The Kier molecular flexibility index (Phi) is 6.32. The van der Waals surface area contributed by atoms with E-state index in [0.29, 0.717) is 23.1 Å². The van der Waals surface area contributed by atoms with Gasteiger partial charge in [-0.1, -0.05) is 11.6 Å². The summed E-state index contributed by atoms with van der Waals surface area (Å²) in [4.78, 5) is 12.0. The van der Waals surface area contributed by atoms with Crippen LogP contribution in [0.2, 0.25) is 5.02 Å². The summed E-state index contributed by atoms with van der Waals surface area (Å²) >= 11 is 6.06. The second-order valence-corrected chi connectivity index (χ2v) is 8.87. The van der Waals surface area contributed by atoms with E-state index in [2.05, 4.69) is 10.4 Å². The molecule has 0 fully saturated rings. The lowest BCUT2D eigenvalue weighted by atomic mass is 10.1. The van der Waals surface area contributed by atoms with E-state index >= 15 is 0 Å². The molecule has 3 N–H and O–H groups in total. The Morgan fingerprint density at radius 2 is 2.03 bits per heavy atom. The van der Waals surface area contributed by atoms with Crippen LogP contribution in [-0.2, 0) is 27.2 Å². The fourth-order valence-corrected chi connectivity index (χ4v) is 3.78. The monoisotopic (exact) mass is 479 g/mol. The largest absolute Gasteiger partial charge is 0.326 e. The zero-order valence-electron chi connectivity index (χ0n) is 16.5. The van der Waals surface area contributed by atoms with Crippen LogP contribution >= 0.6 is 11.6 Å². The summed E-state index contributed by atoms with van der Waals surface area (Å²) in [5, 5.41) is 20.9. The van der Waals surface area contributed by atoms with Crippen molar-refractivity contribution in [2.24, 2.45) is 5.14 Å². The van der Waals surface area contributed by atoms with Gasteiger partial charge in [0.25, 0.3) is 5.92 Å². The van der Waals surface area contributed by atoms with Gasteiger partial charge >= 0.3 is 0 Å². The normalized spacial score (nSPS) is 11.8. The van der Waals surface area contributed by atoms with Crippen molar-refractivity contribution in [2.45, 2.75) is 24.2 Å². The van der Waals surface area contributed by atoms with Crippen molar-refractivity contribution in [1.82, 2.24) is 9.78 Å². The number of rotatable bonds is 6. The summed E-state index contributed by atoms with van der Waals surface area (Å²) in [5.41, 5.74) is 0.367. The van der Waals surface area contributed by atoms with Gasteiger partial charge in [-0.05, 0) is 42.0 Å². The Morgan fingerprint density at radius 1 is 1.31 bits per heavy atom. The number of hydrogen-bond donors (Lipinski definition) is 2. The van der Waals surface area contributed by atoms with E-state index in [-0.39, 0.29) is 17.8 Å². The molecular formula is C20H16ClF2N5O3S. The van der Waals surface area contributed by atoms with Gasteiger partial charge in [0.2, 0.25) is 15.9 Å². The van der Waals surface area contributed by atoms with Crippen LogP contribution in [0.1, 0.15) is 23.6 Å². The van der Waals surface area contributed by atoms with E-state index < -0.39 is 32.3 Å². The highest BCUT2D eigenvalue weighted by Crippen LogP contribution is 2.29. The molecule has 3 rings (SSSR count). The number of nitrogens with zero attached hydrogens (tertiary/aromatic N) is 3. The van der Waals surface area contributed by atoms with Gasteiger partial charge in [-0.25, -0.2) is 27.0 Å². The first kappa shape index (κ1) is 23.3. The third kappa shape index (κ3) is 5.28. The maximum absolute atomic E-state index is 13.5. The predicted molar refractivity (Wildman–Crippen MR) is 113 cm³/mol. The number of carbonyl (C=O) groups is 1. The molecule has 0 saturated carbocycles. The number of nitriles is 1. The number of nitrogens with one attached hydrogen (secondary N) is 1. The van der Waals surface area contributed by atoms with Crippen LogP contribution in [0.3, 0.4) is 0 Å². The molecule has 8 nitrogen and oxygen atoms in total. The molecule has 0 aliphatic rings. The molecule has 0 unspecified atom stereocenters. The molecule has 166 valence electrons. The van der Waals surface area contributed by atoms with Crippen LogP contribution in [0.25, 0.3) is 5.69 Å². The van der Waals surface area contributed by atoms with Crippen LogP contribution in [0.5, 0.6) is 0 Å². The summed E-state index contributed by atoms with van der Waals surface area (Å²) in [5.74, 6) is -3.69. The zero-order valence-corrected chi connectivity index (χ0v) is 18.1. The zero-order chi connectivity index (χ0) is 23.7. The molecule has 1 amide bonds. The highest BCUT2D eigenvalue weighted by Gasteiger charge is 2.27. The molecule has 1 heterocycles. The first-order valence-corrected chi connectivity index (χ1v) is 10.9. The van der Waals surface area contributed by atoms with Gasteiger partial charge in [-0.15, -0.1) is 0 Å². The van der Waals surface area contributed by atoms with Crippen LogP contribution in [-0.4, -0.2) is 24.1 Å². The summed E-state index contributed by atoms with van der Waals surface area (Å²) < 4.78 is 52.2. The number of alkyl halides is 2. The van der Waals surface area contributed by atoms with Gasteiger partial charge in [0.1, 0.15) is 4.90 Å². The number of nitrogens with two attached hydrogens (primary N) is 1. The van der Waals surface area contributed by atoms with E-state index in [4.69, 9.17) is 22.0 Å². The quantitative estimate of drug-likeness (QED) is 0.559. The van der Waals surface area contributed by atoms with Crippen molar-refractivity contribution < 1.29 is 22.0 Å². The highest BCUT2D eigenvalue weighted by atomic mass is 35.5. The van der Waals surface area contributed by atoms with Crippen LogP contribution in [0.15, 0.2) is 53.7 Å². The number of hydrogen-bond acceptors (Lipinski definition) is 5. The van der Waals surface area contributed by atoms with Crippen molar-refractivity contribution >= 4 is 33.2 Å². The third-order valence-corrected chi connectivity index (χ3v) is 5.72. The minimum atomic E-state index is -4.30. The Balaban J connectivity index is 1.90. The number of sulfonamides is 1. The number of benzene rings is 2. The number of anilines is 1. The molecule has 32 heavy (non-hydrogen) atoms. The number of amides is 1. The first-order valence-electron chi connectivity index (χ1n) is 8.97. The molecule has 2 aromatic carbocycles. The van der Waals surface area contributed by atoms with Gasteiger partial charge < -0.3 is 5.32 Å². The van der Waals surface area contributed by atoms with Crippen molar-refractivity contribution in [1.29, 1.82) is 5.26 Å². The smallest absolute Gasteiger partial charge is 0.273 e. The van der Waals surface area contributed by atoms with Crippen molar-refractivity contribution in [3.8, 4) is 11.8 Å². The molecule has 0 aliphatic carbocycles. The van der Waals surface area contributed by atoms with Crippen LogP contribution in [0, 0.1) is 11.3 Å². The van der Waals surface area contributed by atoms with Gasteiger partial charge in [0.05, 0.1) is 35.5 Å². The third-order valence-electron chi connectivity index (χ3n) is 4.41. The van der Waals surface area contributed by atoms with Gasteiger partial charge in [0, 0.05) is 23.8 Å². The molecule has 0 radical (unpaired) electrons. The summed E-state index contributed by atoms with van der Waals surface area (Å²) in [6.07, 6.45) is 1.74. The van der Waals surface area contributed by atoms with E-state index in [0.717, 1.165) is 23.1 Å². The first-order chi connectivity index (χ1) is 14.9. The Hall–Kier alpha value is -3.33. The number of halogens is 3. The second kappa shape index (κ2) is 8.66. The number of aromatic nitrogens is 2. The summed E-state index contributed by atoms with van der Waals surface area (Å²) in [7, 11) is -4.30. The van der Waals surface area contributed by atoms with Gasteiger partial charge in [-0.2, -0.15) is 10.4 Å². The molecule has 0 saturated heterocycles. The molecule has 0 atom stereocenters. The topological polar surface area (TPSA) is 131 Å². The van der Waals surface area contributed by atoms with E-state index in [1.54, 1.807) is 0 Å². The Morgan fingerprint density at radius 3 is 2.62 bits per heavy atom. The lowest BCUT2D eigenvalue weighted by Crippen LogP contribution is -2.18. The summed E-state index contributed by atoms with van der Waals surface area (Å²) in [6, 6.07) is 10.2.